The Kier molecular flexibility index (Phi) is 6.72. The molecule has 0 aromatic heterocycles. The van der Waals surface area contributed by atoms with E-state index in [-0.39, 0.29) is 5.57 Å². The van der Waals surface area contributed by atoms with Crippen LogP contribution in [0.25, 0.3) is 17.7 Å². The number of hydrogen-bond donors (Lipinski definition) is 1. The first kappa shape index (κ1) is 20.2. The van der Waals surface area contributed by atoms with Gasteiger partial charge in [-0.15, -0.1) is 0 Å². The maximum absolute atomic E-state index is 13.3. The highest BCUT2D eigenvalue weighted by molar-refractivity contribution is 6.31. The van der Waals surface area contributed by atoms with Gasteiger partial charge in [-0.1, -0.05) is 66.2 Å². The third kappa shape index (κ3) is 5.99. The number of benzene rings is 3. The molecular weight excluding hydrogens is 389 g/mol. The van der Waals surface area contributed by atoms with Crippen LogP contribution in [0.4, 0.5) is 4.39 Å². The summed E-state index contributed by atoms with van der Waals surface area (Å²) >= 11 is 5.91. The molecule has 0 radical (unpaired) electrons. The molecule has 29 heavy (non-hydrogen) atoms. The first-order valence-corrected chi connectivity index (χ1v) is 9.21. The highest BCUT2D eigenvalue weighted by atomic mass is 35.5. The Bertz CT molecular complexity index is 1060. The fraction of sp³-hybridized carbons (Fsp3) is 0. The zero-order valence-corrected chi connectivity index (χ0v) is 16.1. The molecule has 0 spiro atoms. The van der Waals surface area contributed by atoms with E-state index in [1.165, 1.54) is 30.3 Å². The van der Waals surface area contributed by atoms with Crippen molar-refractivity contribution in [3.8, 4) is 0 Å². The summed E-state index contributed by atoms with van der Waals surface area (Å²) in [6.45, 7) is 0. The van der Waals surface area contributed by atoms with Crippen molar-refractivity contribution < 1.29 is 14.0 Å². The van der Waals surface area contributed by atoms with Crippen molar-refractivity contribution in [2.75, 3.05) is 0 Å². The van der Waals surface area contributed by atoms with Crippen LogP contribution in [0.5, 0.6) is 0 Å². The van der Waals surface area contributed by atoms with Gasteiger partial charge in [0.1, 0.15) is 5.82 Å². The van der Waals surface area contributed by atoms with E-state index in [0.717, 1.165) is 11.1 Å². The van der Waals surface area contributed by atoms with Crippen LogP contribution in [0, 0.1) is 5.82 Å². The number of amides is 2. The summed E-state index contributed by atoms with van der Waals surface area (Å²) in [5, 5.41) is 2.91. The third-order valence-electron chi connectivity index (χ3n) is 4.04. The zero-order chi connectivity index (χ0) is 20.6. The number of halogens is 2. The van der Waals surface area contributed by atoms with Gasteiger partial charge in [-0.2, -0.15) is 0 Å². The van der Waals surface area contributed by atoms with E-state index in [2.05, 4.69) is 5.32 Å². The van der Waals surface area contributed by atoms with E-state index in [0.29, 0.717) is 10.6 Å². The molecule has 3 aromatic carbocycles. The van der Waals surface area contributed by atoms with Crippen LogP contribution in [0.1, 0.15) is 16.7 Å². The van der Waals surface area contributed by atoms with Gasteiger partial charge < -0.3 is 0 Å². The number of imide groups is 1. The van der Waals surface area contributed by atoms with Gasteiger partial charge in [0.25, 0.3) is 11.8 Å². The summed E-state index contributed by atoms with van der Waals surface area (Å²) < 4.78 is 13.3. The average molecular weight is 406 g/mol. The Morgan fingerprint density at radius 2 is 1.48 bits per heavy atom. The third-order valence-corrected chi connectivity index (χ3v) is 4.30. The molecule has 0 saturated carbocycles. The highest BCUT2D eigenvalue weighted by Gasteiger charge is 2.14. The van der Waals surface area contributed by atoms with E-state index in [1.54, 1.807) is 36.4 Å². The number of carbonyl (C=O) groups excluding carboxylic acids is 2. The van der Waals surface area contributed by atoms with E-state index in [4.69, 9.17) is 11.6 Å². The molecule has 0 aliphatic carbocycles. The Balaban J connectivity index is 1.84. The monoisotopic (exact) mass is 405 g/mol. The summed E-state index contributed by atoms with van der Waals surface area (Å²) in [6.07, 6.45) is 4.52. The fourth-order valence-corrected chi connectivity index (χ4v) is 2.72. The second-order valence-electron chi connectivity index (χ2n) is 6.18. The molecular formula is C24H17ClFNO2. The fourth-order valence-electron chi connectivity index (χ4n) is 2.59. The van der Waals surface area contributed by atoms with Gasteiger partial charge >= 0.3 is 0 Å². The van der Waals surface area contributed by atoms with Crippen LogP contribution in [-0.2, 0) is 9.59 Å². The molecule has 0 bridgehead atoms. The van der Waals surface area contributed by atoms with Crippen LogP contribution in [0.2, 0.25) is 5.02 Å². The van der Waals surface area contributed by atoms with Gasteiger partial charge in [0.05, 0.1) is 0 Å². The molecule has 0 atom stereocenters. The Hall–Kier alpha value is -3.50. The molecule has 0 aliphatic heterocycles. The lowest BCUT2D eigenvalue weighted by Crippen LogP contribution is -2.29. The maximum atomic E-state index is 13.3. The van der Waals surface area contributed by atoms with Crippen molar-refractivity contribution in [1.29, 1.82) is 0 Å². The molecule has 0 unspecified atom stereocenters. The molecule has 3 nitrogen and oxygen atoms in total. The van der Waals surface area contributed by atoms with Crippen molar-refractivity contribution >= 4 is 41.1 Å². The van der Waals surface area contributed by atoms with Crippen LogP contribution in [0.15, 0.2) is 84.9 Å². The van der Waals surface area contributed by atoms with Crippen LogP contribution in [0.3, 0.4) is 0 Å². The molecule has 0 aliphatic rings. The maximum Gasteiger partial charge on any atom is 0.258 e. The standard InChI is InChI=1S/C24H17ClFNO2/c25-20-11-6-18(7-12-20)16-22(19-9-13-21(26)14-10-19)24(29)27-23(28)15-8-17-4-2-1-3-5-17/h1-16H,(H,27,28,29)/b15-8+,22-16+. The minimum atomic E-state index is -0.589. The number of carbonyl (C=O) groups is 2. The smallest absolute Gasteiger partial charge is 0.258 e. The predicted octanol–water partition coefficient (Wildman–Crippen LogP) is 5.38. The molecule has 0 heterocycles. The molecule has 0 fully saturated rings. The van der Waals surface area contributed by atoms with Gasteiger partial charge in [-0.3, -0.25) is 14.9 Å². The molecule has 3 rings (SSSR count). The average Bonchev–Trinajstić information content (AvgIpc) is 2.73. The largest absolute Gasteiger partial charge is 0.289 e. The quantitative estimate of drug-likeness (QED) is 0.458. The van der Waals surface area contributed by atoms with Crippen molar-refractivity contribution in [2.24, 2.45) is 0 Å². The van der Waals surface area contributed by atoms with Crippen LogP contribution < -0.4 is 5.32 Å². The SMILES string of the molecule is O=C(/C=C/c1ccccc1)NC(=O)/C(=C/c1ccc(Cl)cc1)c1ccc(F)cc1. The topological polar surface area (TPSA) is 46.2 Å². The van der Waals surface area contributed by atoms with Gasteiger partial charge in [-0.05, 0) is 53.1 Å². The first-order valence-electron chi connectivity index (χ1n) is 8.83. The lowest BCUT2D eigenvalue weighted by Gasteiger charge is -2.08. The first-order chi connectivity index (χ1) is 14.0. The summed E-state index contributed by atoms with van der Waals surface area (Å²) in [7, 11) is 0. The van der Waals surface area contributed by atoms with E-state index in [1.807, 2.05) is 30.3 Å². The summed E-state index contributed by atoms with van der Waals surface area (Å²) in [6, 6.07) is 21.6. The molecule has 0 saturated heterocycles. The molecule has 3 aromatic rings. The lowest BCUT2D eigenvalue weighted by molar-refractivity contribution is -0.124. The molecule has 2 amide bonds. The number of rotatable bonds is 5. The second-order valence-corrected chi connectivity index (χ2v) is 6.62. The Morgan fingerprint density at radius 3 is 2.14 bits per heavy atom. The minimum absolute atomic E-state index is 0.230. The second kappa shape index (κ2) is 9.62. The highest BCUT2D eigenvalue weighted by Crippen LogP contribution is 2.20. The predicted molar refractivity (Wildman–Crippen MR) is 114 cm³/mol. The van der Waals surface area contributed by atoms with E-state index in [9.17, 15) is 14.0 Å². The Morgan fingerprint density at radius 1 is 0.828 bits per heavy atom. The van der Waals surface area contributed by atoms with Crippen LogP contribution in [-0.4, -0.2) is 11.8 Å². The molecule has 5 heteroatoms. The lowest BCUT2D eigenvalue weighted by atomic mass is 10.0. The van der Waals surface area contributed by atoms with Gasteiger partial charge in [-0.25, -0.2) is 4.39 Å². The molecule has 144 valence electrons. The summed E-state index contributed by atoms with van der Waals surface area (Å²) in [5.41, 5.74) is 2.27. The van der Waals surface area contributed by atoms with Crippen molar-refractivity contribution in [3.05, 3.63) is 112 Å². The van der Waals surface area contributed by atoms with Crippen molar-refractivity contribution in [1.82, 2.24) is 5.32 Å². The normalized spacial score (nSPS) is 11.4. The van der Waals surface area contributed by atoms with Gasteiger partial charge in [0.2, 0.25) is 0 Å². The van der Waals surface area contributed by atoms with Gasteiger partial charge in [0, 0.05) is 16.7 Å². The van der Waals surface area contributed by atoms with Crippen LogP contribution >= 0.6 is 11.6 Å². The Labute approximate surface area is 173 Å². The van der Waals surface area contributed by atoms with Crippen molar-refractivity contribution in [2.45, 2.75) is 0 Å². The number of hydrogen-bond acceptors (Lipinski definition) is 2. The van der Waals surface area contributed by atoms with Crippen molar-refractivity contribution in [3.63, 3.8) is 0 Å². The zero-order valence-electron chi connectivity index (χ0n) is 15.3. The summed E-state index contributed by atoms with van der Waals surface area (Å²) in [5.74, 6) is -1.56. The number of nitrogens with one attached hydrogen (secondary N) is 1. The van der Waals surface area contributed by atoms with Gasteiger partial charge in [0.15, 0.2) is 0 Å². The van der Waals surface area contributed by atoms with E-state index < -0.39 is 17.6 Å². The molecule has 1 N–H and O–H groups in total. The minimum Gasteiger partial charge on any atom is -0.289 e. The summed E-state index contributed by atoms with van der Waals surface area (Å²) in [4.78, 5) is 25.0. The van der Waals surface area contributed by atoms with E-state index >= 15 is 0 Å².